The summed E-state index contributed by atoms with van der Waals surface area (Å²) in [5.74, 6) is 0.243. The molecular weight excluding hydrogens is 268 g/mol. The monoisotopic (exact) mass is 288 g/mol. The second-order valence-corrected chi connectivity index (χ2v) is 5.12. The number of hydrogen-bond donors (Lipinski definition) is 1. The first-order valence-corrected chi connectivity index (χ1v) is 7.07. The third-order valence-electron chi connectivity index (χ3n) is 3.11. The van der Waals surface area contributed by atoms with Gasteiger partial charge >= 0.3 is 0 Å². The Hall–Kier alpha value is -2.30. The van der Waals surface area contributed by atoms with Gasteiger partial charge in [0.05, 0.1) is 5.52 Å². The van der Waals surface area contributed by atoms with Crippen LogP contribution in [-0.4, -0.2) is 23.1 Å². The molecule has 5 nitrogen and oxygen atoms in total. The highest BCUT2D eigenvalue weighted by atomic mass is 16.5. The molecule has 0 saturated heterocycles. The minimum absolute atomic E-state index is 0.0611. The van der Waals surface area contributed by atoms with Gasteiger partial charge in [-0.05, 0) is 32.9 Å². The molecule has 112 valence electrons. The van der Waals surface area contributed by atoms with Gasteiger partial charge in [0.25, 0.3) is 11.5 Å². The summed E-state index contributed by atoms with van der Waals surface area (Å²) in [5, 5.41) is 3.58. The molecule has 0 radical (unpaired) electrons. The van der Waals surface area contributed by atoms with Crippen LogP contribution in [0.25, 0.3) is 10.9 Å². The molecule has 1 N–H and O–H groups in total. The van der Waals surface area contributed by atoms with E-state index in [1.807, 2.05) is 45.0 Å². The van der Waals surface area contributed by atoms with Crippen molar-refractivity contribution in [2.45, 2.75) is 33.4 Å². The lowest BCUT2D eigenvalue weighted by Crippen LogP contribution is -2.34. The van der Waals surface area contributed by atoms with Crippen LogP contribution in [0.2, 0.25) is 0 Å². The topological polar surface area (TPSA) is 60.3 Å². The van der Waals surface area contributed by atoms with Crippen molar-refractivity contribution in [3.63, 3.8) is 0 Å². The molecule has 0 unspecified atom stereocenters. The van der Waals surface area contributed by atoms with Gasteiger partial charge in [-0.25, -0.2) is 0 Å². The summed E-state index contributed by atoms with van der Waals surface area (Å²) in [6.07, 6.45) is 0. The Morgan fingerprint density at radius 3 is 2.71 bits per heavy atom. The standard InChI is InChI=1S/C16H20N2O3/c1-4-18-13-8-6-5-7-12(13)14(9-16(18)20)21-10-15(19)17-11(2)3/h5-9,11H,4,10H2,1-3H3,(H,17,19). The van der Waals surface area contributed by atoms with Gasteiger partial charge in [0.2, 0.25) is 0 Å². The summed E-state index contributed by atoms with van der Waals surface area (Å²) in [5.41, 5.74) is 0.683. The van der Waals surface area contributed by atoms with E-state index in [1.165, 1.54) is 6.07 Å². The number of para-hydroxylation sites is 1. The first kappa shape index (κ1) is 15.1. The predicted molar refractivity (Wildman–Crippen MR) is 82.7 cm³/mol. The fourth-order valence-corrected chi connectivity index (χ4v) is 2.26. The molecule has 0 aliphatic carbocycles. The van der Waals surface area contributed by atoms with Crippen LogP contribution >= 0.6 is 0 Å². The Kier molecular flexibility index (Phi) is 4.62. The van der Waals surface area contributed by atoms with Gasteiger partial charge in [-0.2, -0.15) is 0 Å². The molecule has 2 rings (SSSR count). The van der Waals surface area contributed by atoms with Crippen LogP contribution in [-0.2, 0) is 11.3 Å². The number of pyridine rings is 1. The molecule has 1 aromatic carbocycles. The summed E-state index contributed by atoms with van der Waals surface area (Å²) < 4.78 is 7.21. The van der Waals surface area contributed by atoms with Crippen molar-refractivity contribution in [1.82, 2.24) is 9.88 Å². The van der Waals surface area contributed by atoms with Gasteiger partial charge in [-0.1, -0.05) is 12.1 Å². The Bertz CT molecular complexity index is 704. The fraction of sp³-hybridized carbons (Fsp3) is 0.375. The average Bonchev–Trinajstić information content (AvgIpc) is 2.44. The summed E-state index contributed by atoms with van der Waals surface area (Å²) in [6, 6.07) is 9.02. The Morgan fingerprint density at radius 2 is 2.05 bits per heavy atom. The van der Waals surface area contributed by atoms with Crippen molar-refractivity contribution >= 4 is 16.8 Å². The largest absolute Gasteiger partial charge is 0.483 e. The highest BCUT2D eigenvalue weighted by Gasteiger charge is 2.10. The molecule has 0 spiro atoms. The van der Waals surface area contributed by atoms with Crippen LogP contribution in [0.3, 0.4) is 0 Å². The predicted octanol–water partition coefficient (Wildman–Crippen LogP) is 1.92. The number of fused-ring (bicyclic) bond motifs is 1. The molecule has 2 aromatic rings. The second kappa shape index (κ2) is 6.43. The summed E-state index contributed by atoms with van der Waals surface area (Å²) in [7, 11) is 0. The lowest BCUT2D eigenvalue weighted by atomic mass is 10.2. The summed E-state index contributed by atoms with van der Waals surface area (Å²) in [6.45, 7) is 6.18. The molecule has 0 fully saturated rings. The molecule has 0 aliphatic heterocycles. The molecule has 0 bridgehead atoms. The third-order valence-corrected chi connectivity index (χ3v) is 3.11. The van der Waals surface area contributed by atoms with E-state index < -0.39 is 0 Å². The fourth-order valence-electron chi connectivity index (χ4n) is 2.26. The number of carbonyl (C=O) groups is 1. The zero-order chi connectivity index (χ0) is 15.4. The number of benzene rings is 1. The van der Waals surface area contributed by atoms with E-state index in [1.54, 1.807) is 4.57 Å². The third kappa shape index (κ3) is 3.42. The first-order chi connectivity index (χ1) is 10.0. The zero-order valence-corrected chi connectivity index (χ0v) is 12.6. The van der Waals surface area contributed by atoms with Crippen molar-refractivity contribution in [3.8, 4) is 5.75 Å². The van der Waals surface area contributed by atoms with Crippen molar-refractivity contribution in [3.05, 3.63) is 40.7 Å². The maximum Gasteiger partial charge on any atom is 0.258 e. The minimum atomic E-state index is -0.200. The van der Waals surface area contributed by atoms with Crippen LogP contribution < -0.4 is 15.6 Å². The molecule has 1 aromatic heterocycles. The van der Waals surface area contributed by atoms with E-state index in [9.17, 15) is 9.59 Å². The van der Waals surface area contributed by atoms with E-state index >= 15 is 0 Å². The van der Waals surface area contributed by atoms with Gasteiger partial charge in [0.1, 0.15) is 5.75 Å². The Balaban J connectivity index is 2.33. The van der Waals surface area contributed by atoms with Gasteiger partial charge in [-0.3, -0.25) is 9.59 Å². The Labute approximate surface area is 123 Å². The molecule has 0 saturated carbocycles. The van der Waals surface area contributed by atoms with Gasteiger partial charge in [0, 0.05) is 24.0 Å². The lowest BCUT2D eigenvalue weighted by Gasteiger charge is -2.13. The maximum atomic E-state index is 12.1. The number of carbonyl (C=O) groups excluding carboxylic acids is 1. The zero-order valence-electron chi connectivity index (χ0n) is 12.6. The van der Waals surface area contributed by atoms with E-state index in [4.69, 9.17) is 4.74 Å². The minimum Gasteiger partial charge on any atom is -0.483 e. The van der Waals surface area contributed by atoms with Crippen LogP contribution in [0.5, 0.6) is 5.75 Å². The number of rotatable bonds is 5. The SMILES string of the molecule is CCn1c(=O)cc(OCC(=O)NC(C)C)c2ccccc21. The molecule has 21 heavy (non-hydrogen) atoms. The molecule has 1 amide bonds. The van der Waals surface area contributed by atoms with Gasteiger partial charge in [-0.15, -0.1) is 0 Å². The van der Waals surface area contributed by atoms with Crippen LogP contribution in [0.4, 0.5) is 0 Å². The van der Waals surface area contributed by atoms with E-state index in [0.29, 0.717) is 12.3 Å². The van der Waals surface area contributed by atoms with Gasteiger partial charge in [0.15, 0.2) is 6.61 Å². The van der Waals surface area contributed by atoms with Crippen molar-refractivity contribution < 1.29 is 9.53 Å². The van der Waals surface area contributed by atoms with Crippen molar-refractivity contribution in [1.29, 1.82) is 0 Å². The highest BCUT2D eigenvalue weighted by molar-refractivity contribution is 5.86. The molecule has 1 heterocycles. The highest BCUT2D eigenvalue weighted by Crippen LogP contribution is 2.23. The summed E-state index contributed by atoms with van der Waals surface area (Å²) in [4.78, 5) is 23.7. The average molecular weight is 288 g/mol. The van der Waals surface area contributed by atoms with Gasteiger partial charge < -0.3 is 14.6 Å². The normalized spacial score (nSPS) is 10.9. The quantitative estimate of drug-likeness (QED) is 0.914. The molecule has 0 aliphatic rings. The second-order valence-electron chi connectivity index (χ2n) is 5.12. The van der Waals surface area contributed by atoms with E-state index in [0.717, 1.165) is 10.9 Å². The van der Waals surface area contributed by atoms with Crippen LogP contribution in [0, 0.1) is 0 Å². The van der Waals surface area contributed by atoms with Crippen molar-refractivity contribution in [2.24, 2.45) is 0 Å². The maximum absolute atomic E-state index is 12.1. The number of aromatic nitrogens is 1. The number of nitrogens with one attached hydrogen (secondary N) is 1. The van der Waals surface area contributed by atoms with E-state index in [-0.39, 0.29) is 24.1 Å². The summed E-state index contributed by atoms with van der Waals surface area (Å²) >= 11 is 0. The number of hydrogen-bond acceptors (Lipinski definition) is 3. The van der Waals surface area contributed by atoms with E-state index in [2.05, 4.69) is 5.32 Å². The molecule has 5 heteroatoms. The smallest absolute Gasteiger partial charge is 0.258 e. The molecular formula is C16H20N2O3. The van der Waals surface area contributed by atoms with Crippen molar-refractivity contribution in [2.75, 3.05) is 6.61 Å². The Morgan fingerprint density at radius 1 is 1.33 bits per heavy atom. The number of aryl methyl sites for hydroxylation is 1. The van der Waals surface area contributed by atoms with Crippen LogP contribution in [0.1, 0.15) is 20.8 Å². The number of ether oxygens (including phenoxy) is 1. The molecule has 0 atom stereocenters. The number of nitrogens with zero attached hydrogens (tertiary/aromatic N) is 1. The lowest BCUT2D eigenvalue weighted by molar-refractivity contribution is -0.123. The van der Waals surface area contributed by atoms with Crippen LogP contribution in [0.15, 0.2) is 35.1 Å². The number of amides is 1. The first-order valence-electron chi connectivity index (χ1n) is 7.07.